The van der Waals surface area contributed by atoms with Gasteiger partial charge in [0.1, 0.15) is 11.5 Å². The van der Waals surface area contributed by atoms with Crippen LogP contribution in [0.15, 0.2) is 48.5 Å². The highest BCUT2D eigenvalue weighted by atomic mass is 16.6. The van der Waals surface area contributed by atoms with E-state index < -0.39 is 4.92 Å². The van der Waals surface area contributed by atoms with Crippen LogP contribution in [0.3, 0.4) is 0 Å². The number of aryl methyl sites for hydroxylation is 1. The molecule has 0 aliphatic heterocycles. The van der Waals surface area contributed by atoms with Crippen molar-refractivity contribution in [1.29, 1.82) is 0 Å². The Hall–Kier alpha value is -2.36. The van der Waals surface area contributed by atoms with Gasteiger partial charge < -0.3 is 4.74 Å². The Balaban J connectivity index is 2.31. The minimum atomic E-state index is -0.397. The van der Waals surface area contributed by atoms with Crippen molar-refractivity contribution in [3.63, 3.8) is 0 Å². The predicted octanol–water partition coefficient (Wildman–Crippen LogP) is 3.95. The molecular formula is C14H13NO3. The number of rotatable bonds is 4. The van der Waals surface area contributed by atoms with Crippen molar-refractivity contribution in [2.75, 3.05) is 0 Å². The smallest absolute Gasteiger partial charge is 0.269 e. The third-order valence-corrected chi connectivity index (χ3v) is 2.61. The lowest BCUT2D eigenvalue weighted by Crippen LogP contribution is -1.94. The molecule has 0 aliphatic rings. The van der Waals surface area contributed by atoms with E-state index in [9.17, 15) is 10.1 Å². The molecule has 0 unspecified atom stereocenters. The molecule has 0 saturated heterocycles. The SMILES string of the molecule is CCc1cc([N+](=O)[O-])ccc1Oc1ccccc1. The molecule has 0 heterocycles. The largest absolute Gasteiger partial charge is 0.457 e. The Bertz CT molecular complexity index is 552. The summed E-state index contributed by atoms with van der Waals surface area (Å²) in [5.74, 6) is 1.38. The number of nitrogens with zero attached hydrogens (tertiary/aromatic N) is 1. The van der Waals surface area contributed by atoms with Crippen LogP contribution in [0, 0.1) is 10.1 Å². The van der Waals surface area contributed by atoms with Crippen LogP contribution in [-0.2, 0) is 6.42 Å². The lowest BCUT2D eigenvalue weighted by Gasteiger charge is -2.09. The summed E-state index contributed by atoms with van der Waals surface area (Å²) in [5.41, 5.74) is 0.917. The fourth-order valence-corrected chi connectivity index (χ4v) is 1.67. The van der Waals surface area contributed by atoms with E-state index in [0.29, 0.717) is 12.2 Å². The molecule has 0 saturated carbocycles. The van der Waals surface area contributed by atoms with Crippen molar-refractivity contribution in [2.24, 2.45) is 0 Å². The number of hydrogen-bond acceptors (Lipinski definition) is 3. The van der Waals surface area contributed by atoms with Gasteiger partial charge in [-0.25, -0.2) is 0 Å². The van der Waals surface area contributed by atoms with E-state index in [1.807, 2.05) is 37.3 Å². The average molecular weight is 243 g/mol. The first kappa shape index (κ1) is 12.1. The van der Waals surface area contributed by atoms with Crippen molar-refractivity contribution < 1.29 is 9.66 Å². The fourth-order valence-electron chi connectivity index (χ4n) is 1.67. The Labute approximate surface area is 105 Å². The molecule has 0 spiro atoms. The van der Waals surface area contributed by atoms with Gasteiger partial charge in [0.2, 0.25) is 0 Å². The maximum absolute atomic E-state index is 10.7. The first-order valence-corrected chi connectivity index (χ1v) is 5.71. The second kappa shape index (κ2) is 5.31. The summed E-state index contributed by atoms with van der Waals surface area (Å²) in [6.45, 7) is 1.94. The third kappa shape index (κ3) is 2.66. The molecule has 2 rings (SSSR count). The lowest BCUT2D eigenvalue weighted by atomic mass is 10.1. The van der Waals surface area contributed by atoms with E-state index in [1.165, 1.54) is 6.07 Å². The highest BCUT2D eigenvalue weighted by Gasteiger charge is 2.10. The van der Waals surface area contributed by atoms with Gasteiger partial charge in [0, 0.05) is 17.7 Å². The molecule has 2 aromatic rings. The van der Waals surface area contributed by atoms with Gasteiger partial charge in [-0.3, -0.25) is 10.1 Å². The van der Waals surface area contributed by atoms with Crippen LogP contribution < -0.4 is 4.74 Å². The van der Waals surface area contributed by atoms with E-state index in [4.69, 9.17) is 4.74 Å². The Kier molecular flexibility index (Phi) is 3.57. The molecule has 18 heavy (non-hydrogen) atoms. The Morgan fingerprint density at radius 3 is 2.50 bits per heavy atom. The summed E-state index contributed by atoms with van der Waals surface area (Å²) in [6, 6.07) is 14.0. The van der Waals surface area contributed by atoms with Crippen LogP contribution in [0.4, 0.5) is 5.69 Å². The molecule has 0 aromatic heterocycles. The van der Waals surface area contributed by atoms with E-state index in [-0.39, 0.29) is 5.69 Å². The van der Waals surface area contributed by atoms with Gasteiger partial charge in [0.05, 0.1) is 4.92 Å². The quantitative estimate of drug-likeness (QED) is 0.603. The minimum absolute atomic E-state index is 0.0901. The second-order valence-corrected chi connectivity index (χ2v) is 3.82. The Morgan fingerprint density at radius 2 is 1.89 bits per heavy atom. The molecule has 0 radical (unpaired) electrons. The number of ether oxygens (including phenoxy) is 1. The number of nitro benzene ring substituents is 1. The normalized spacial score (nSPS) is 10.1. The zero-order valence-corrected chi connectivity index (χ0v) is 10.00. The number of benzene rings is 2. The maximum atomic E-state index is 10.7. The van der Waals surface area contributed by atoms with Crippen molar-refractivity contribution in [1.82, 2.24) is 0 Å². The van der Waals surface area contributed by atoms with Crippen LogP contribution >= 0.6 is 0 Å². The lowest BCUT2D eigenvalue weighted by molar-refractivity contribution is -0.384. The molecule has 92 valence electrons. The van der Waals surface area contributed by atoms with Crippen molar-refractivity contribution >= 4 is 5.69 Å². The standard InChI is InChI=1S/C14H13NO3/c1-2-11-10-12(15(16)17)8-9-14(11)18-13-6-4-3-5-7-13/h3-10H,2H2,1H3. The van der Waals surface area contributed by atoms with E-state index >= 15 is 0 Å². The predicted molar refractivity (Wildman–Crippen MR) is 69.0 cm³/mol. The molecule has 0 aliphatic carbocycles. The molecule has 0 fully saturated rings. The monoisotopic (exact) mass is 243 g/mol. The molecule has 0 amide bonds. The van der Waals surface area contributed by atoms with Gasteiger partial charge in [-0.05, 0) is 24.6 Å². The minimum Gasteiger partial charge on any atom is -0.457 e. The fraction of sp³-hybridized carbons (Fsp3) is 0.143. The summed E-state index contributed by atoms with van der Waals surface area (Å²) in [4.78, 5) is 10.3. The topological polar surface area (TPSA) is 52.4 Å². The number of non-ortho nitro benzene ring substituents is 1. The molecule has 0 N–H and O–H groups in total. The van der Waals surface area contributed by atoms with E-state index in [2.05, 4.69) is 0 Å². The average Bonchev–Trinajstić information content (AvgIpc) is 2.40. The van der Waals surface area contributed by atoms with Gasteiger partial charge in [0.15, 0.2) is 0 Å². The highest BCUT2D eigenvalue weighted by Crippen LogP contribution is 2.28. The molecule has 2 aromatic carbocycles. The van der Waals surface area contributed by atoms with Crippen LogP contribution in [0.25, 0.3) is 0 Å². The maximum Gasteiger partial charge on any atom is 0.269 e. The van der Waals surface area contributed by atoms with E-state index in [1.54, 1.807) is 12.1 Å². The van der Waals surface area contributed by atoms with E-state index in [0.717, 1.165) is 11.3 Å². The molecule has 0 bridgehead atoms. The molecule has 4 nitrogen and oxygen atoms in total. The van der Waals surface area contributed by atoms with Gasteiger partial charge >= 0.3 is 0 Å². The molecule has 4 heteroatoms. The van der Waals surface area contributed by atoms with Gasteiger partial charge in [-0.2, -0.15) is 0 Å². The van der Waals surface area contributed by atoms with Crippen LogP contribution in [0.2, 0.25) is 0 Å². The Morgan fingerprint density at radius 1 is 1.17 bits per heavy atom. The van der Waals surface area contributed by atoms with Gasteiger partial charge in [-0.1, -0.05) is 25.1 Å². The molecular weight excluding hydrogens is 230 g/mol. The summed E-state index contributed by atoms with van der Waals surface area (Å²) < 4.78 is 5.71. The zero-order chi connectivity index (χ0) is 13.0. The van der Waals surface area contributed by atoms with Gasteiger partial charge in [0.25, 0.3) is 5.69 Å². The second-order valence-electron chi connectivity index (χ2n) is 3.82. The number of nitro groups is 1. The first-order valence-electron chi connectivity index (χ1n) is 5.71. The summed E-state index contributed by atoms with van der Waals surface area (Å²) >= 11 is 0. The summed E-state index contributed by atoms with van der Waals surface area (Å²) in [6.07, 6.45) is 0.684. The van der Waals surface area contributed by atoms with Crippen molar-refractivity contribution in [3.8, 4) is 11.5 Å². The summed E-state index contributed by atoms with van der Waals surface area (Å²) in [7, 11) is 0. The highest BCUT2D eigenvalue weighted by molar-refractivity contribution is 5.45. The third-order valence-electron chi connectivity index (χ3n) is 2.61. The zero-order valence-electron chi connectivity index (χ0n) is 10.00. The van der Waals surface area contributed by atoms with Crippen LogP contribution in [0.5, 0.6) is 11.5 Å². The van der Waals surface area contributed by atoms with Crippen molar-refractivity contribution in [2.45, 2.75) is 13.3 Å². The number of hydrogen-bond donors (Lipinski definition) is 0. The summed E-state index contributed by atoms with van der Waals surface area (Å²) in [5, 5.41) is 10.7. The van der Waals surface area contributed by atoms with Crippen LogP contribution in [0.1, 0.15) is 12.5 Å². The first-order chi connectivity index (χ1) is 8.70. The van der Waals surface area contributed by atoms with Gasteiger partial charge in [-0.15, -0.1) is 0 Å². The molecule has 0 atom stereocenters. The van der Waals surface area contributed by atoms with Crippen molar-refractivity contribution in [3.05, 3.63) is 64.2 Å². The number of para-hydroxylation sites is 1. The van der Waals surface area contributed by atoms with Crippen LogP contribution in [-0.4, -0.2) is 4.92 Å².